The number of amides is 2. The monoisotopic (exact) mass is 344 g/mol. The van der Waals surface area contributed by atoms with Crippen molar-refractivity contribution in [1.82, 2.24) is 10.2 Å². The Morgan fingerprint density at radius 2 is 1.84 bits per heavy atom. The van der Waals surface area contributed by atoms with Crippen LogP contribution in [0.15, 0.2) is 30.3 Å². The number of carboxylic acids is 1. The Morgan fingerprint density at radius 3 is 2.48 bits per heavy atom. The predicted octanol–water partition coefficient (Wildman–Crippen LogP) is 1.62. The zero-order chi connectivity index (χ0) is 17.8. The number of nitrogens with one attached hydrogen (secondary N) is 1. The number of carbonyl (C=O) groups is 3. The first kappa shape index (κ1) is 17.5. The molecule has 0 bridgehead atoms. The van der Waals surface area contributed by atoms with Gasteiger partial charge in [-0.15, -0.1) is 0 Å². The van der Waals surface area contributed by atoms with E-state index in [9.17, 15) is 19.5 Å². The van der Waals surface area contributed by atoms with Crippen molar-refractivity contribution in [3.63, 3.8) is 0 Å². The quantitative estimate of drug-likeness (QED) is 0.736. The summed E-state index contributed by atoms with van der Waals surface area (Å²) in [4.78, 5) is 37.2. The van der Waals surface area contributed by atoms with Crippen molar-refractivity contribution in [3.05, 3.63) is 35.9 Å². The van der Waals surface area contributed by atoms with Gasteiger partial charge in [-0.3, -0.25) is 14.4 Å². The Kier molecular flexibility index (Phi) is 5.36. The number of carboxylic acid groups (broad SMARTS) is 1. The summed E-state index contributed by atoms with van der Waals surface area (Å²) in [7, 11) is 0. The Labute approximate surface area is 147 Å². The van der Waals surface area contributed by atoms with Crippen LogP contribution in [0.25, 0.3) is 0 Å². The second-order valence-electron chi connectivity index (χ2n) is 6.93. The molecule has 1 saturated carbocycles. The van der Waals surface area contributed by atoms with Crippen LogP contribution in [0, 0.1) is 11.8 Å². The molecule has 1 saturated heterocycles. The van der Waals surface area contributed by atoms with E-state index in [1.165, 1.54) is 0 Å². The van der Waals surface area contributed by atoms with Crippen LogP contribution in [0.2, 0.25) is 0 Å². The van der Waals surface area contributed by atoms with Crippen LogP contribution >= 0.6 is 0 Å². The maximum absolute atomic E-state index is 12.4. The van der Waals surface area contributed by atoms with Gasteiger partial charge in [-0.2, -0.15) is 0 Å². The topological polar surface area (TPSA) is 86.7 Å². The van der Waals surface area contributed by atoms with Crippen LogP contribution in [0.3, 0.4) is 0 Å². The second-order valence-corrected chi connectivity index (χ2v) is 6.93. The first-order chi connectivity index (χ1) is 12.1. The molecule has 1 heterocycles. The Bertz CT molecular complexity index is 642. The lowest BCUT2D eigenvalue weighted by molar-refractivity contribution is -0.142. The fourth-order valence-electron chi connectivity index (χ4n) is 3.39. The SMILES string of the molecule is O=C(NCCCC(=O)N1CC(C(=O)O)C(c2ccccc2)C1)C1CC1. The molecule has 6 heteroatoms. The van der Waals surface area contributed by atoms with E-state index in [0.717, 1.165) is 18.4 Å². The van der Waals surface area contributed by atoms with E-state index < -0.39 is 11.9 Å². The van der Waals surface area contributed by atoms with Crippen LogP contribution in [0.1, 0.15) is 37.2 Å². The lowest BCUT2D eigenvalue weighted by Gasteiger charge is -2.16. The minimum Gasteiger partial charge on any atom is -0.481 e. The molecule has 1 aromatic carbocycles. The minimum absolute atomic E-state index is 0.0367. The minimum atomic E-state index is -0.860. The summed E-state index contributed by atoms with van der Waals surface area (Å²) in [5, 5.41) is 12.3. The normalized spacial score (nSPS) is 22.6. The molecule has 2 fully saturated rings. The molecule has 0 spiro atoms. The molecular weight excluding hydrogens is 320 g/mol. The molecule has 2 atom stereocenters. The summed E-state index contributed by atoms with van der Waals surface area (Å²) in [6.07, 6.45) is 2.85. The number of likely N-dealkylation sites (tertiary alicyclic amines) is 1. The fraction of sp³-hybridized carbons (Fsp3) is 0.526. The molecular formula is C19H24N2O4. The third-order valence-electron chi connectivity index (χ3n) is 5.03. The van der Waals surface area contributed by atoms with Gasteiger partial charge >= 0.3 is 5.97 Å². The smallest absolute Gasteiger partial charge is 0.308 e. The Balaban J connectivity index is 1.50. The first-order valence-corrected chi connectivity index (χ1v) is 8.89. The van der Waals surface area contributed by atoms with Crippen molar-refractivity contribution < 1.29 is 19.5 Å². The van der Waals surface area contributed by atoms with E-state index in [1.807, 2.05) is 30.3 Å². The molecule has 2 N–H and O–H groups in total. The van der Waals surface area contributed by atoms with Crippen molar-refractivity contribution >= 4 is 17.8 Å². The number of benzene rings is 1. The predicted molar refractivity (Wildman–Crippen MR) is 91.9 cm³/mol. The van der Waals surface area contributed by atoms with Gasteiger partial charge < -0.3 is 15.3 Å². The summed E-state index contributed by atoms with van der Waals surface area (Å²) in [5.41, 5.74) is 0.960. The molecule has 1 aliphatic carbocycles. The number of aliphatic carboxylic acids is 1. The molecule has 0 radical (unpaired) electrons. The summed E-state index contributed by atoms with van der Waals surface area (Å²) in [6, 6.07) is 9.51. The van der Waals surface area contributed by atoms with Crippen LogP contribution in [0.5, 0.6) is 0 Å². The number of hydrogen-bond acceptors (Lipinski definition) is 3. The summed E-state index contributed by atoms with van der Waals surface area (Å²) >= 11 is 0. The van der Waals surface area contributed by atoms with E-state index in [4.69, 9.17) is 0 Å². The molecule has 25 heavy (non-hydrogen) atoms. The highest BCUT2D eigenvalue weighted by molar-refractivity contribution is 5.81. The largest absolute Gasteiger partial charge is 0.481 e. The molecule has 2 unspecified atom stereocenters. The number of rotatable bonds is 7. The van der Waals surface area contributed by atoms with Gasteiger partial charge in [0.2, 0.25) is 11.8 Å². The molecule has 0 aromatic heterocycles. The molecule has 3 rings (SSSR count). The third-order valence-corrected chi connectivity index (χ3v) is 5.03. The van der Waals surface area contributed by atoms with E-state index in [1.54, 1.807) is 4.90 Å². The zero-order valence-corrected chi connectivity index (χ0v) is 14.2. The third kappa shape index (κ3) is 4.38. The molecule has 1 aromatic rings. The van der Waals surface area contributed by atoms with Gasteiger partial charge in [-0.25, -0.2) is 0 Å². The standard InChI is InChI=1S/C19H24N2O4/c22-17(7-4-10-20-18(23)14-8-9-14)21-11-15(16(12-21)19(24)25)13-5-2-1-3-6-13/h1-3,5-6,14-16H,4,7-12H2,(H,20,23)(H,24,25). The van der Waals surface area contributed by atoms with Gasteiger partial charge in [0.25, 0.3) is 0 Å². The maximum atomic E-state index is 12.4. The van der Waals surface area contributed by atoms with E-state index >= 15 is 0 Å². The number of hydrogen-bond donors (Lipinski definition) is 2. The highest BCUT2D eigenvalue weighted by atomic mass is 16.4. The second kappa shape index (κ2) is 7.68. The maximum Gasteiger partial charge on any atom is 0.308 e. The van der Waals surface area contributed by atoms with Gasteiger partial charge in [-0.05, 0) is 24.8 Å². The van der Waals surface area contributed by atoms with Crippen LogP contribution in [-0.2, 0) is 14.4 Å². The average molecular weight is 344 g/mol. The van der Waals surface area contributed by atoms with Gasteiger partial charge in [-0.1, -0.05) is 30.3 Å². The van der Waals surface area contributed by atoms with E-state index in [2.05, 4.69) is 5.32 Å². The fourth-order valence-corrected chi connectivity index (χ4v) is 3.39. The number of nitrogens with zero attached hydrogens (tertiary/aromatic N) is 1. The lowest BCUT2D eigenvalue weighted by atomic mass is 9.89. The lowest BCUT2D eigenvalue weighted by Crippen LogP contribution is -2.31. The highest BCUT2D eigenvalue weighted by Gasteiger charge is 2.40. The van der Waals surface area contributed by atoms with Crippen LogP contribution in [0.4, 0.5) is 0 Å². The van der Waals surface area contributed by atoms with Crippen molar-refractivity contribution in [1.29, 1.82) is 0 Å². The van der Waals surface area contributed by atoms with Gasteiger partial charge in [0.1, 0.15) is 0 Å². The molecule has 1 aliphatic heterocycles. The van der Waals surface area contributed by atoms with Crippen molar-refractivity contribution in [3.8, 4) is 0 Å². The molecule has 2 amide bonds. The average Bonchev–Trinajstić information content (AvgIpc) is 3.37. The first-order valence-electron chi connectivity index (χ1n) is 8.89. The van der Waals surface area contributed by atoms with Gasteiger partial charge in [0.15, 0.2) is 0 Å². The summed E-state index contributed by atoms with van der Waals surface area (Å²) in [5.74, 6) is -1.37. The molecule has 134 valence electrons. The molecule has 2 aliphatic rings. The van der Waals surface area contributed by atoms with Gasteiger partial charge in [0.05, 0.1) is 5.92 Å². The van der Waals surface area contributed by atoms with Crippen molar-refractivity contribution in [2.75, 3.05) is 19.6 Å². The Morgan fingerprint density at radius 1 is 1.12 bits per heavy atom. The summed E-state index contributed by atoms with van der Waals surface area (Å²) in [6.45, 7) is 1.19. The molecule has 6 nitrogen and oxygen atoms in total. The van der Waals surface area contributed by atoms with Gasteiger partial charge in [0, 0.05) is 37.9 Å². The van der Waals surface area contributed by atoms with E-state index in [0.29, 0.717) is 25.9 Å². The van der Waals surface area contributed by atoms with Crippen LogP contribution in [-0.4, -0.2) is 47.4 Å². The summed E-state index contributed by atoms with van der Waals surface area (Å²) < 4.78 is 0. The van der Waals surface area contributed by atoms with E-state index in [-0.39, 0.29) is 30.2 Å². The van der Waals surface area contributed by atoms with Crippen LogP contribution < -0.4 is 5.32 Å². The highest BCUT2D eigenvalue weighted by Crippen LogP contribution is 2.33. The Hall–Kier alpha value is -2.37. The van der Waals surface area contributed by atoms with Crippen molar-refractivity contribution in [2.45, 2.75) is 31.6 Å². The zero-order valence-electron chi connectivity index (χ0n) is 14.2. The number of carbonyl (C=O) groups excluding carboxylic acids is 2. The van der Waals surface area contributed by atoms with Crippen molar-refractivity contribution in [2.24, 2.45) is 11.8 Å².